The fourth-order valence-corrected chi connectivity index (χ4v) is 2.29. The number of aryl methyl sites for hydroxylation is 2. The fraction of sp³-hybridized carbons (Fsp3) is 0.350. The van der Waals surface area contributed by atoms with E-state index >= 15 is 0 Å². The Morgan fingerprint density at radius 1 is 1.12 bits per heavy atom. The number of nitrogens with one attached hydrogen (secondary N) is 1. The Kier molecular flexibility index (Phi) is 6.69. The van der Waals surface area contributed by atoms with Crippen LogP contribution >= 0.6 is 0 Å². The normalized spacial score (nSPS) is 12.6. The van der Waals surface area contributed by atoms with Crippen LogP contribution in [0.5, 0.6) is 11.5 Å². The SMILES string of the molecule is COc1cccc(OC(C)CN=C(N)CNc2ccc(C)c(C)c2)c1. The summed E-state index contributed by atoms with van der Waals surface area (Å²) in [5.41, 5.74) is 9.56. The maximum absolute atomic E-state index is 5.99. The van der Waals surface area contributed by atoms with Crippen LogP contribution < -0.4 is 20.5 Å². The predicted molar refractivity (Wildman–Crippen MR) is 104 cm³/mol. The molecule has 0 amide bonds. The lowest BCUT2D eigenvalue weighted by atomic mass is 10.1. The summed E-state index contributed by atoms with van der Waals surface area (Å²) >= 11 is 0. The first-order valence-corrected chi connectivity index (χ1v) is 8.38. The van der Waals surface area contributed by atoms with Gasteiger partial charge in [0, 0.05) is 11.8 Å². The van der Waals surface area contributed by atoms with Crippen LogP contribution in [0.1, 0.15) is 18.1 Å². The number of nitrogens with two attached hydrogens (primary N) is 1. The van der Waals surface area contributed by atoms with Gasteiger partial charge in [0.1, 0.15) is 23.4 Å². The zero-order valence-electron chi connectivity index (χ0n) is 15.4. The van der Waals surface area contributed by atoms with Crippen molar-refractivity contribution in [1.82, 2.24) is 0 Å². The van der Waals surface area contributed by atoms with E-state index in [9.17, 15) is 0 Å². The summed E-state index contributed by atoms with van der Waals surface area (Å²) in [7, 11) is 1.63. The van der Waals surface area contributed by atoms with Crippen molar-refractivity contribution >= 4 is 11.5 Å². The molecule has 0 aliphatic rings. The molecule has 3 N–H and O–H groups in total. The van der Waals surface area contributed by atoms with E-state index in [1.807, 2.05) is 37.3 Å². The summed E-state index contributed by atoms with van der Waals surface area (Å²) in [6.07, 6.45) is -0.0766. The van der Waals surface area contributed by atoms with Crippen molar-refractivity contribution in [3.63, 3.8) is 0 Å². The van der Waals surface area contributed by atoms with E-state index in [1.165, 1.54) is 11.1 Å². The van der Waals surface area contributed by atoms with Crippen LogP contribution in [-0.2, 0) is 0 Å². The second-order valence-corrected chi connectivity index (χ2v) is 6.09. The Hall–Kier alpha value is -2.69. The van der Waals surface area contributed by atoms with E-state index in [0.29, 0.717) is 18.9 Å². The summed E-state index contributed by atoms with van der Waals surface area (Å²) < 4.78 is 11.0. The number of anilines is 1. The van der Waals surface area contributed by atoms with Gasteiger partial charge in [-0.05, 0) is 56.2 Å². The minimum atomic E-state index is -0.0766. The number of benzene rings is 2. The lowest BCUT2D eigenvalue weighted by Gasteiger charge is -2.14. The molecule has 0 saturated heterocycles. The average molecular weight is 341 g/mol. The molecule has 0 radical (unpaired) electrons. The van der Waals surface area contributed by atoms with Gasteiger partial charge in [0.05, 0.1) is 20.2 Å². The molecule has 134 valence electrons. The molecule has 5 nitrogen and oxygen atoms in total. The molecule has 0 fully saturated rings. The molecular formula is C20H27N3O2. The van der Waals surface area contributed by atoms with E-state index in [0.717, 1.165) is 17.2 Å². The smallest absolute Gasteiger partial charge is 0.123 e. The highest BCUT2D eigenvalue weighted by molar-refractivity contribution is 5.84. The van der Waals surface area contributed by atoms with Crippen LogP contribution in [0.3, 0.4) is 0 Å². The topological polar surface area (TPSA) is 68.9 Å². The van der Waals surface area contributed by atoms with Gasteiger partial charge in [0.15, 0.2) is 0 Å². The second-order valence-electron chi connectivity index (χ2n) is 6.09. The molecule has 1 atom stereocenters. The third-order valence-electron chi connectivity index (χ3n) is 3.91. The van der Waals surface area contributed by atoms with Crippen LogP contribution in [0.4, 0.5) is 5.69 Å². The van der Waals surface area contributed by atoms with Crippen LogP contribution in [0.25, 0.3) is 0 Å². The summed E-state index contributed by atoms with van der Waals surface area (Å²) in [5, 5.41) is 3.29. The highest BCUT2D eigenvalue weighted by Crippen LogP contribution is 2.20. The molecular weight excluding hydrogens is 314 g/mol. The Labute approximate surface area is 149 Å². The van der Waals surface area contributed by atoms with Crippen LogP contribution in [-0.4, -0.2) is 32.1 Å². The maximum atomic E-state index is 5.99. The molecule has 2 rings (SSSR count). The zero-order valence-corrected chi connectivity index (χ0v) is 15.4. The van der Waals surface area contributed by atoms with Crippen molar-refractivity contribution in [1.29, 1.82) is 0 Å². The average Bonchev–Trinajstić information content (AvgIpc) is 2.61. The minimum Gasteiger partial charge on any atom is -0.497 e. The van der Waals surface area contributed by atoms with Crippen molar-refractivity contribution in [2.75, 3.05) is 25.5 Å². The van der Waals surface area contributed by atoms with E-state index in [1.54, 1.807) is 7.11 Å². The van der Waals surface area contributed by atoms with Crippen LogP contribution in [0.2, 0.25) is 0 Å². The maximum Gasteiger partial charge on any atom is 0.123 e. The summed E-state index contributed by atoms with van der Waals surface area (Å²) in [4.78, 5) is 4.39. The number of hydrogen-bond acceptors (Lipinski definition) is 4. The largest absolute Gasteiger partial charge is 0.497 e. The van der Waals surface area contributed by atoms with Gasteiger partial charge in [-0.15, -0.1) is 0 Å². The van der Waals surface area contributed by atoms with Gasteiger partial charge in [-0.1, -0.05) is 12.1 Å². The van der Waals surface area contributed by atoms with Gasteiger partial charge in [-0.2, -0.15) is 0 Å². The zero-order chi connectivity index (χ0) is 18.2. The summed E-state index contributed by atoms with van der Waals surface area (Å²) in [6.45, 7) is 7.16. The molecule has 0 aliphatic carbocycles. The van der Waals surface area contributed by atoms with Crippen molar-refractivity contribution in [2.24, 2.45) is 10.7 Å². The van der Waals surface area contributed by atoms with Gasteiger partial charge in [-0.3, -0.25) is 4.99 Å². The van der Waals surface area contributed by atoms with Crippen molar-refractivity contribution in [2.45, 2.75) is 26.9 Å². The van der Waals surface area contributed by atoms with E-state index in [-0.39, 0.29) is 6.10 Å². The Morgan fingerprint density at radius 3 is 2.60 bits per heavy atom. The summed E-state index contributed by atoms with van der Waals surface area (Å²) in [6, 6.07) is 13.8. The van der Waals surface area contributed by atoms with Gasteiger partial charge in [-0.25, -0.2) is 0 Å². The number of methoxy groups -OCH3 is 1. The van der Waals surface area contributed by atoms with Gasteiger partial charge < -0.3 is 20.5 Å². The standard InChI is InChI=1S/C20H27N3O2/c1-14-8-9-17(10-15(14)2)22-13-20(21)23-12-16(3)25-19-7-5-6-18(11-19)24-4/h5-11,16,22H,12-13H2,1-4H3,(H2,21,23). The van der Waals surface area contributed by atoms with Crippen molar-refractivity contribution in [3.05, 3.63) is 53.6 Å². The molecule has 0 aromatic heterocycles. The predicted octanol–water partition coefficient (Wildman–Crippen LogP) is 3.55. The number of rotatable bonds is 8. The molecule has 5 heteroatoms. The first-order chi connectivity index (χ1) is 12.0. The van der Waals surface area contributed by atoms with E-state index in [2.05, 4.69) is 36.3 Å². The second kappa shape index (κ2) is 8.97. The van der Waals surface area contributed by atoms with Crippen LogP contribution in [0, 0.1) is 13.8 Å². The third kappa shape index (κ3) is 6.03. The van der Waals surface area contributed by atoms with Crippen LogP contribution in [0.15, 0.2) is 47.5 Å². The molecule has 0 spiro atoms. The van der Waals surface area contributed by atoms with Crippen molar-refractivity contribution in [3.8, 4) is 11.5 Å². The Balaban J connectivity index is 1.82. The van der Waals surface area contributed by atoms with E-state index in [4.69, 9.17) is 15.2 Å². The lowest BCUT2D eigenvalue weighted by Crippen LogP contribution is -2.25. The molecule has 0 bridgehead atoms. The van der Waals surface area contributed by atoms with Gasteiger partial charge in [0.2, 0.25) is 0 Å². The number of aliphatic imine (C=N–C) groups is 1. The first kappa shape index (κ1) is 18.6. The molecule has 0 saturated carbocycles. The van der Waals surface area contributed by atoms with Crippen molar-refractivity contribution < 1.29 is 9.47 Å². The monoisotopic (exact) mass is 341 g/mol. The number of nitrogens with zero attached hydrogens (tertiary/aromatic N) is 1. The Bertz CT molecular complexity index is 729. The first-order valence-electron chi connectivity index (χ1n) is 8.38. The molecule has 0 heterocycles. The molecule has 25 heavy (non-hydrogen) atoms. The highest BCUT2D eigenvalue weighted by atomic mass is 16.5. The molecule has 2 aromatic carbocycles. The summed E-state index contributed by atoms with van der Waals surface area (Å²) in [5.74, 6) is 2.08. The Morgan fingerprint density at radius 2 is 1.88 bits per heavy atom. The lowest BCUT2D eigenvalue weighted by molar-refractivity contribution is 0.229. The number of ether oxygens (including phenoxy) is 2. The van der Waals surface area contributed by atoms with Gasteiger partial charge in [0.25, 0.3) is 0 Å². The van der Waals surface area contributed by atoms with Gasteiger partial charge >= 0.3 is 0 Å². The minimum absolute atomic E-state index is 0.0766. The quantitative estimate of drug-likeness (QED) is 0.569. The number of amidine groups is 1. The molecule has 1 unspecified atom stereocenters. The van der Waals surface area contributed by atoms with E-state index < -0.39 is 0 Å². The highest BCUT2D eigenvalue weighted by Gasteiger charge is 2.05. The fourth-order valence-electron chi connectivity index (χ4n) is 2.29. The molecule has 2 aromatic rings. The number of hydrogen-bond donors (Lipinski definition) is 2. The third-order valence-corrected chi connectivity index (χ3v) is 3.91. The molecule has 0 aliphatic heterocycles.